The minimum Gasteiger partial charge on any atom is -0.490 e. The highest BCUT2D eigenvalue weighted by atomic mass is 35.5. The van der Waals surface area contributed by atoms with Crippen LogP contribution in [0.2, 0.25) is 5.02 Å². The van der Waals surface area contributed by atoms with Crippen LogP contribution in [0.3, 0.4) is 0 Å². The summed E-state index contributed by atoms with van der Waals surface area (Å²) in [6.45, 7) is 6.67. The molecular weight excluding hydrogens is 394 g/mol. The normalized spacial score (nSPS) is 10.4. The molecular formula is C22H26ClNO5. The van der Waals surface area contributed by atoms with Gasteiger partial charge in [0.2, 0.25) is 0 Å². The van der Waals surface area contributed by atoms with Crippen LogP contribution in [0.25, 0.3) is 0 Å². The summed E-state index contributed by atoms with van der Waals surface area (Å²) in [7, 11) is 1.31. The number of hydrogen-bond donors (Lipinski definition) is 1. The first-order chi connectivity index (χ1) is 13.9. The number of carbonyl (C=O) groups is 2. The van der Waals surface area contributed by atoms with Crippen LogP contribution in [-0.4, -0.2) is 32.2 Å². The van der Waals surface area contributed by atoms with Crippen molar-refractivity contribution in [2.75, 3.05) is 25.6 Å². The number of rotatable bonds is 9. The Morgan fingerprint density at radius 2 is 1.83 bits per heavy atom. The van der Waals surface area contributed by atoms with Gasteiger partial charge in [0, 0.05) is 11.3 Å². The highest BCUT2D eigenvalue weighted by Gasteiger charge is 2.18. The summed E-state index contributed by atoms with van der Waals surface area (Å²) in [4.78, 5) is 24.6. The lowest BCUT2D eigenvalue weighted by Crippen LogP contribution is -2.14. The maximum Gasteiger partial charge on any atom is 0.337 e. The average Bonchev–Trinajstić information content (AvgIpc) is 2.71. The van der Waals surface area contributed by atoms with Gasteiger partial charge in [-0.2, -0.15) is 0 Å². The number of aryl methyl sites for hydroxylation is 1. The van der Waals surface area contributed by atoms with E-state index in [9.17, 15) is 9.59 Å². The fourth-order valence-electron chi connectivity index (χ4n) is 2.62. The van der Waals surface area contributed by atoms with Gasteiger partial charge in [-0.05, 0) is 50.1 Å². The fraction of sp³-hybridized carbons (Fsp3) is 0.364. The maximum absolute atomic E-state index is 12.8. The molecule has 2 aromatic carbocycles. The van der Waals surface area contributed by atoms with E-state index in [4.69, 9.17) is 25.8 Å². The van der Waals surface area contributed by atoms with Crippen LogP contribution in [0.4, 0.5) is 5.69 Å². The smallest absolute Gasteiger partial charge is 0.337 e. The van der Waals surface area contributed by atoms with Gasteiger partial charge in [-0.1, -0.05) is 31.0 Å². The number of methoxy groups -OCH3 is 1. The molecule has 0 unspecified atom stereocenters. The molecule has 0 heterocycles. The van der Waals surface area contributed by atoms with Gasteiger partial charge < -0.3 is 19.5 Å². The second kappa shape index (κ2) is 10.7. The van der Waals surface area contributed by atoms with Crippen LogP contribution >= 0.6 is 11.6 Å². The zero-order chi connectivity index (χ0) is 21.4. The predicted octanol–water partition coefficient (Wildman–Crippen LogP) is 5.26. The van der Waals surface area contributed by atoms with Crippen molar-refractivity contribution in [3.05, 3.63) is 52.0 Å². The Balaban J connectivity index is 2.30. The van der Waals surface area contributed by atoms with E-state index < -0.39 is 5.97 Å². The molecule has 0 aromatic heterocycles. The van der Waals surface area contributed by atoms with E-state index in [-0.39, 0.29) is 5.91 Å². The number of unbranched alkanes of at least 4 members (excludes halogenated alkanes) is 1. The Hall–Kier alpha value is -2.73. The molecule has 1 amide bonds. The predicted molar refractivity (Wildman–Crippen MR) is 113 cm³/mol. The van der Waals surface area contributed by atoms with Gasteiger partial charge in [0.25, 0.3) is 5.91 Å². The summed E-state index contributed by atoms with van der Waals surface area (Å²) in [5.74, 6) is -0.00231. The van der Waals surface area contributed by atoms with Gasteiger partial charge in [-0.15, -0.1) is 0 Å². The summed E-state index contributed by atoms with van der Waals surface area (Å²) in [6, 6.07) is 8.10. The summed E-state index contributed by atoms with van der Waals surface area (Å²) in [6.07, 6.45) is 1.88. The summed E-state index contributed by atoms with van der Waals surface area (Å²) >= 11 is 6.37. The van der Waals surface area contributed by atoms with Crippen molar-refractivity contribution in [1.29, 1.82) is 0 Å². The largest absolute Gasteiger partial charge is 0.490 e. The Morgan fingerprint density at radius 3 is 2.48 bits per heavy atom. The van der Waals surface area contributed by atoms with Crippen LogP contribution in [0.1, 0.15) is 53.0 Å². The van der Waals surface area contributed by atoms with E-state index in [1.54, 1.807) is 30.3 Å². The van der Waals surface area contributed by atoms with Crippen LogP contribution in [0.15, 0.2) is 30.3 Å². The highest BCUT2D eigenvalue weighted by molar-refractivity contribution is 6.32. The standard InChI is InChI=1S/C22H26ClNO5/c1-5-7-10-29-20-17(23)11-16(13-19(20)28-6-2)21(25)24-18-12-15(22(26)27-4)9-8-14(18)3/h8-9,11-13H,5-7,10H2,1-4H3,(H,24,25). The molecule has 2 rings (SSSR count). The van der Waals surface area contributed by atoms with Crippen LogP contribution in [-0.2, 0) is 4.74 Å². The van der Waals surface area contributed by atoms with Crippen molar-refractivity contribution in [2.24, 2.45) is 0 Å². The van der Waals surface area contributed by atoms with Crippen molar-refractivity contribution < 1.29 is 23.8 Å². The molecule has 7 heteroatoms. The maximum atomic E-state index is 12.8. The summed E-state index contributed by atoms with van der Waals surface area (Å²) in [5.41, 5.74) is 1.99. The van der Waals surface area contributed by atoms with Gasteiger partial charge in [-0.25, -0.2) is 4.79 Å². The zero-order valence-corrected chi connectivity index (χ0v) is 17.9. The number of benzene rings is 2. The van der Waals surface area contributed by atoms with Gasteiger partial charge >= 0.3 is 5.97 Å². The van der Waals surface area contributed by atoms with E-state index in [0.717, 1.165) is 18.4 Å². The van der Waals surface area contributed by atoms with E-state index in [1.165, 1.54) is 7.11 Å². The highest BCUT2D eigenvalue weighted by Crippen LogP contribution is 2.37. The topological polar surface area (TPSA) is 73.9 Å². The van der Waals surface area contributed by atoms with Crippen LogP contribution < -0.4 is 14.8 Å². The second-order valence-corrected chi connectivity index (χ2v) is 6.80. The summed E-state index contributed by atoms with van der Waals surface area (Å²) < 4.78 is 16.1. The Kier molecular flexibility index (Phi) is 8.34. The number of halogens is 1. The average molecular weight is 420 g/mol. The minimum atomic E-state index is -0.476. The van der Waals surface area contributed by atoms with Crippen molar-refractivity contribution >= 4 is 29.2 Å². The minimum absolute atomic E-state index is 0.303. The molecule has 1 N–H and O–H groups in total. The molecule has 0 saturated carbocycles. The lowest BCUT2D eigenvalue weighted by atomic mass is 10.1. The molecule has 0 spiro atoms. The van der Waals surface area contributed by atoms with Crippen LogP contribution in [0.5, 0.6) is 11.5 Å². The number of hydrogen-bond acceptors (Lipinski definition) is 5. The molecule has 156 valence electrons. The Bertz CT molecular complexity index is 882. The zero-order valence-electron chi connectivity index (χ0n) is 17.1. The van der Waals surface area contributed by atoms with Gasteiger partial charge in [0.1, 0.15) is 0 Å². The number of esters is 1. The van der Waals surface area contributed by atoms with Crippen molar-refractivity contribution in [3.8, 4) is 11.5 Å². The number of nitrogens with one attached hydrogen (secondary N) is 1. The molecule has 0 aliphatic heterocycles. The number of carbonyl (C=O) groups excluding carboxylic acids is 2. The molecule has 29 heavy (non-hydrogen) atoms. The van der Waals surface area contributed by atoms with Gasteiger partial charge in [0.05, 0.1) is 30.9 Å². The third-order valence-corrected chi connectivity index (χ3v) is 4.50. The monoisotopic (exact) mass is 419 g/mol. The molecule has 2 aromatic rings. The first-order valence-electron chi connectivity index (χ1n) is 9.50. The number of anilines is 1. The Morgan fingerprint density at radius 1 is 1.07 bits per heavy atom. The van der Waals surface area contributed by atoms with Gasteiger partial charge in [-0.3, -0.25) is 4.79 Å². The van der Waals surface area contributed by atoms with E-state index in [2.05, 4.69) is 12.2 Å². The van der Waals surface area contributed by atoms with Crippen molar-refractivity contribution in [1.82, 2.24) is 0 Å². The molecule has 0 fully saturated rings. The molecule has 0 atom stereocenters. The summed E-state index contributed by atoms with van der Waals surface area (Å²) in [5, 5.41) is 3.12. The van der Waals surface area contributed by atoms with Crippen LogP contribution in [0, 0.1) is 6.92 Å². The number of amides is 1. The quantitative estimate of drug-likeness (QED) is 0.443. The second-order valence-electron chi connectivity index (χ2n) is 6.40. The van der Waals surface area contributed by atoms with Gasteiger partial charge in [0.15, 0.2) is 11.5 Å². The molecule has 6 nitrogen and oxygen atoms in total. The fourth-order valence-corrected chi connectivity index (χ4v) is 2.88. The third-order valence-electron chi connectivity index (χ3n) is 4.22. The van der Waals surface area contributed by atoms with Crippen molar-refractivity contribution in [3.63, 3.8) is 0 Å². The lowest BCUT2D eigenvalue weighted by molar-refractivity contribution is 0.0600. The van der Waals surface area contributed by atoms with E-state index >= 15 is 0 Å². The molecule has 0 aliphatic carbocycles. The SMILES string of the molecule is CCCCOc1c(Cl)cc(C(=O)Nc2cc(C(=O)OC)ccc2C)cc1OCC. The van der Waals surface area contributed by atoms with Crippen molar-refractivity contribution in [2.45, 2.75) is 33.6 Å². The third kappa shape index (κ3) is 5.87. The molecule has 0 aliphatic rings. The van der Waals surface area contributed by atoms with E-state index in [1.807, 2.05) is 13.8 Å². The number of ether oxygens (including phenoxy) is 3. The first-order valence-corrected chi connectivity index (χ1v) is 9.88. The molecule has 0 radical (unpaired) electrons. The van der Waals surface area contributed by atoms with E-state index in [0.29, 0.717) is 46.5 Å². The molecule has 0 saturated heterocycles. The lowest BCUT2D eigenvalue weighted by Gasteiger charge is -2.16. The first kappa shape index (κ1) is 22.6. The molecule has 0 bridgehead atoms. The Labute approximate surface area is 176 Å².